The maximum absolute atomic E-state index is 17.3. The summed E-state index contributed by atoms with van der Waals surface area (Å²) in [6.07, 6.45) is 6.87. The molecule has 4 aliphatic rings. The predicted molar refractivity (Wildman–Crippen MR) is 187 cm³/mol. The molecule has 0 spiro atoms. The van der Waals surface area contributed by atoms with E-state index in [1.54, 1.807) is 24.8 Å². The van der Waals surface area contributed by atoms with E-state index in [-0.39, 0.29) is 70.7 Å². The Bertz CT molecular complexity index is 1990. The van der Waals surface area contributed by atoms with Gasteiger partial charge in [-0.3, -0.25) is 4.90 Å². The molecule has 13 heteroatoms. The van der Waals surface area contributed by atoms with Crippen molar-refractivity contribution in [1.29, 1.82) is 0 Å². The minimum absolute atomic E-state index is 0.0131. The first-order valence-corrected chi connectivity index (χ1v) is 18.1. The fraction of sp³-hybridized carbons (Fsp3) is 0.553. The molecular weight excluding hydrogens is 660 g/mol. The molecule has 3 N–H and O–H groups in total. The number of benzene rings is 2. The molecule has 2 aliphatic heterocycles. The highest BCUT2D eigenvalue weighted by atomic mass is 19.1. The number of hydrogen-bond donors (Lipinski definition) is 3. The number of aliphatic hydroxyl groups excluding tert-OH is 1. The summed E-state index contributed by atoms with van der Waals surface area (Å²) in [5, 5.41) is 33.6. The lowest BCUT2D eigenvalue weighted by Gasteiger charge is -2.46. The molecule has 2 unspecified atom stereocenters. The third-order valence-electron chi connectivity index (χ3n) is 11.3. The number of hydrogen-bond acceptors (Lipinski definition) is 11. The number of anilines is 1. The van der Waals surface area contributed by atoms with E-state index < -0.39 is 23.5 Å². The number of aromatic nitrogens is 3. The topological polar surface area (TPSA) is 134 Å². The molecule has 4 atom stereocenters. The van der Waals surface area contributed by atoms with Crippen molar-refractivity contribution in [3.8, 4) is 28.9 Å². The number of phenolic OH excluding ortho intramolecular Hbond substituents is 1. The van der Waals surface area contributed by atoms with Crippen molar-refractivity contribution >= 4 is 27.5 Å². The van der Waals surface area contributed by atoms with Gasteiger partial charge in [0.2, 0.25) is 5.88 Å². The molecule has 2 aromatic carbocycles. The first kappa shape index (κ1) is 34.2. The largest absolute Gasteiger partial charge is 0.508 e. The number of pyridine rings is 1. The Kier molecular flexibility index (Phi) is 8.68. The number of nitrogens with zero attached hydrogens (tertiary/aromatic N) is 5. The second-order valence-electron chi connectivity index (χ2n) is 15.1. The van der Waals surface area contributed by atoms with Crippen LogP contribution < -0.4 is 14.4 Å². The van der Waals surface area contributed by atoms with E-state index in [1.807, 2.05) is 0 Å². The van der Waals surface area contributed by atoms with Gasteiger partial charge in [-0.05, 0) is 92.9 Å². The number of likely N-dealkylation sites (tertiary alicyclic amines) is 1. The lowest BCUT2D eigenvalue weighted by Crippen LogP contribution is -2.52. The lowest BCUT2D eigenvalue weighted by molar-refractivity contribution is -0.122. The normalized spacial score (nSPS) is 27.2. The Morgan fingerprint density at radius 2 is 1.86 bits per heavy atom. The van der Waals surface area contributed by atoms with Crippen molar-refractivity contribution in [2.24, 2.45) is 5.41 Å². The number of aromatic hydroxyl groups is 1. The Labute approximate surface area is 295 Å². The number of phenols is 1. The first-order valence-electron chi connectivity index (χ1n) is 18.1. The molecule has 0 amide bonds. The smallest absolute Gasteiger partial charge is 0.319 e. The summed E-state index contributed by atoms with van der Waals surface area (Å²) in [6, 6.07) is 6.74. The second-order valence-corrected chi connectivity index (χ2v) is 15.1. The second kappa shape index (κ2) is 12.9. The molecule has 2 aliphatic carbocycles. The van der Waals surface area contributed by atoms with E-state index in [1.165, 1.54) is 38.2 Å². The molecular formula is C38H45F2N5O6. The highest BCUT2D eigenvalue weighted by Gasteiger charge is 2.51. The van der Waals surface area contributed by atoms with E-state index in [0.717, 1.165) is 38.6 Å². The minimum Gasteiger partial charge on any atom is -0.508 e. The number of methoxy groups -OCH3 is 1. The van der Waals surface area contributed by atoms with Crippen LogP contribution in [-0.4, -0.2) is 99.1 Å². The Balaban J connectivity index is 1.31. The number of ether oxygens (including phenoxy) is 3. The summed E-state index contributed by atoms with van der Waals surface area (Å²) in [5.41, 5.74) is -1.28. The van der Waals surface area contributed by atoms with Crippen LogP contribution in [0.25, 0.3) is 32.9 Å². The van der Waals surface area contributed by atoms with E-state index in [0.29, 0.717) is 41.4 Å². The SMILES string of the molecule is CCc1c(F)ccc2cc(O)cc(-c3nc(OC)c4c(N5C[C@H](O)OC[C@@](C)(O)C5)nc(OCC56CCCC5N(C5CC5)CCC6)nc4c3F)c12. The number of piperidine rings is 1. The molecule has 51 heavy (non-hydrogen) atoms. The molecule has 2 saturated carbocycles. The summed E-state index contributed by atoms with van der Waals surface area (Å²) in [6.45, 7) is 4.62. The molecule has 272 valence electrons. The average molecular weight is 706 g/mol. The fourth-order valence-corrected chi connectivity index (χ4v) is 8.95. The van der Waals surface area contributed by atoms with Gasteiger partial charge in [0.15, 0.2) is 12.1 Å². The summed E-state index contributed by atoms with van der Waals surface area (Å²) < 4.78 is 50.2. The van der Waals surface area contributed by atoms with Gasteiger partial charge in [0.1, 0.15) is 39.6 Å². The van der Waals surface area contributed by atoms with Gasteiger partial charge in [-0.15, -0.1) is 0 Å². The minimum atomic E-state index is -1.39. The van der Waals surface area contributed by atoms with E-state index in [2.05, 4.69) is 14.9 Å². The lowest BCUT2D eigenvalue weighted by atomic mass is 9.75. The van der Waals surface area contributed by atoms with Crippen LogP contribution in [0.3, 0.4) is 0 Å². The predicted octanol–water partition coefficient (Wildman–Crippen LogP) is 5.48. The number of halogens is 2. The Morgan fingerprint density at radius 3 is 2.63 bits per heavy atom. The van der Waals surface area contributed by atoms with Crippen molar-refractivity contribution < 1.29 is 38.3 Å². The van der Waals surface area contributed by atoms with E-state index in [9.17, 15) is 15.3 Å². The van der Waals surface area contributed by atoms with Crippen LogP contribution in [0.5, 0.6) is 17.6 Å². The Hall–Kier alpha value is -3.91. The van der Waals surface area contributed by atoms with Crippen LogP contribution in [0.1, 0.15) is 64.4 Å². The van der Waals surface area contributed by atoms with Crippen LogP contribution in [0.15, 0.2) is 24.3 Å². The monoisotopic (exact) mass is 705 g/mol. The van der Waals surface area contributed by atoms with Gasteiger partial charge < -0.3 is 34.4 Å². The van der Waals surface area contributed by atoms with Gasteiger partial charge >= 0.3 is 6.01 Å². The van der Waals surface area contributed by atoms with Crippen LogP contribution in [-0.2, 0) is 11.2 Å². The standard InChI is InChI=1S/C38H45F2N5O6/c1-4-24-26(39)11-8-21-15-23(46)16-25(29(21)24)32-31(40)33-30(35(41-32)49-3)34(44-17-28(47)50-19-37(2,48)18-44)43-36(42-33)51-20-38-12-5-7-27(38)45(14-6-13-38)22-9-10-22/h8,11,15-16,22,27-28,46-48H,4-7,9-10,12-14,17-20H2,1-3H3/t27?,28-,37+,38?/m1/s1. The summed E-state index contributed by atoms with van der Waals surface area (Å²) in [7, 11) is 1.39. The zero-order valence-corrected chi connectivity index (χ0v) is 29.3. The number of aryl methyl sites for hydroxylation is 1. The van der Waals surface area contributed by atoms with Gasteiger partial charge in [0.05, 0.1) is 33.4 Å². The maximum Gasteiger partial charge on any atom is 0.319 e. The number of fused-ring (bicyclic) bond motifs is 3. The highest BCUT2D eigenvalue weighted by molar-refractivity contribution is 6.03. The van der Waals surface area contributed by atoms with Gasteiger partial charge in [-0.25, -0.2) is 13.8 Å². The third-order valence-corrected chi connectivity index (χ3v) is 11.3. The first-order chi connectivity index (χ1) is 24.5. The molecule has 11 nitrogen and oxygen atoms in total. The summed E-state index contributed by atoms with van der Waals surface area (Å²) in [5.74, 6) is -1.32. The number of β-amino-alcohol motifs (C(OH)–C–C–N with tert-alkyl or cyclic N) is 2. The van der Waals surface area contributed by atoms with Crippen LogP contribution in [0.4, 0.5) is 14.6 Å². The van der Waals surface area contributed by atoms with Crippen molar-refractivity contribution in [1.82, 2.24) is 19.9 Å². The molecule has 2 aromatic heterocycles. The molecule has 4 aromatic rings. The molecule has 2 saturated heterocycles. The van der Waals surface area contributed by atoms with Gasteiger partial charge in [-0.1, -0.05) is 19.4 Å². The summed E-state index contributed by atoms with van der Waals surface area (Å²) >= 11 is 0. The zero-order valence-electron chi connectivity index (χ0n) is 29.3. The Morgan fingerprint density at radius 1 is 1.06 bits per heavy atom. The molecule has 4 heterocycles. The molecule has 4 fully saturated rings. The zero-order chi connectivity index (χ0) is 35.7. The van der Waals surface area contributed by atoms with Crippen molar-refractivity contribution in [2.75, 3.05) is 44.9 Å². The third kappa shape index (κ3) is 6.11. The summed E-state index contributed by atoms with van der Waals surface area (Å²) in [4.78, 5) is 18.4. The van der Waals surface area contributed by atoms with Crippen LogP contribution in [0, 0.1) is 17.0 Å². The number of aliphatic hydroxyl groups is 2. The fourth-order valence-electron chi connectivity index (χ4n) is 8.95. The van der Waals surface area contributed by atoms with Crippen LogP contribution in [0.2, 0.25) is 0 Å². The molecule has 0 bridgehead atoms. The maximum atomic E-state index is 17.3. The van der Waals surface area contributed by atoms with Crippen molar-refractivity contribution in [3.63, 3.8) is 0 Å². The average Bonchev–Trinajstić information content (AvgIpc) is 3.89. The van der Waals surface area contributed by atoms with Crippen molar-refractivity contribution in [2.45, 2.75) is 89.2 Å². The van der Waals surface area contributed by atoms with Gasteiger partial charge in [0.25, 0.3) is 0 Å². The van der Waals surface area contributed by atoms with Gasteiger partial charge in [0, 0.05) is 23.1 Å². The number of rotatable bonds is 8. The van der Waals surface area contributed by atoms with E-state index in [4.69, 9.17) is 19.2 Å². The van der Waals surface area contributed by atoms with Crippen LogP contribution >= 0.6 is 0 Å². The highest BCUT2D eigenvalue weighted by Crippen LogP contribution is 2.51. The molecule has 0 radical (unpaired) electrons. The molecule has 8 rings (SSSR count). The quantitative estimate of drug-likeness (QED) is 0.215. The van der Waals surface area contributed by atoms with Gasteiger partial charge in [-0.2, -0.15) is 9.97 Å². The van der Waals surface area contributed by atoms with Crippen molar-refractivity contribution in [3.05, 3.63) is 41.5 Å². The van der Waals surface area contributed by atoms with E-state index >= 15 is 8.78 Å².